The number of halogens is 5. The monoisotopic (exact) mass is 564 g/mol. The molecule has 1 fully saturated rings. The Balaban J connectivity index is 1.52. The minimum atomic E-state index is -4.46. The summed E-state index contributed by atoms with van der Waals surface area (Å²) in [5, 5.41) is 0.448. The quantitative estimate of drug-likeness (QED) is 0.367. The molecule has 0 spiro atoms. The maximum atomic E-state index is 14.8. The summed E-state index contributed by atoms with van der Waals surface area (Å²) in [5.41, 5.74) is 0.931. The average Bonchev–Trinajstić information content (AvgIpc) is 3.32. The highest BCUT2D eigenvalue weighted by atomic mass is 35.5. The van der Waals surface area contributed by atoms with Crippen LogP contribution in [0.25, 0.3) is 0 Å². The van der Waals surface area contributed by atoms with Crippen LogP contribution in [0.5, 0.6) is 5.75 Å². The fraction of sp³-hybridized carbons (Fsp3) is 0.364. The Morgan fingerprint density at radius 3 is 2.61 bits per heavy atom. The van der Waals surface area contributed by atoms with Crippen molar-refractivity contribution >= 4 is 38.3 Å². The van der Waals surface area contributed by atoms with E-state index in [9.17, 15) is 26.0 Å². The van der Waals surface area contributed by atoms with Crippen molar-refractivity contribution in [2.75, 3.05) is 31.0 Å². The predicted molar refractivity (Wildman–Crippen MR) is 127 cm³/mol. The molecule has 4 rings (SSSR count). The summed E-state index contributed by atoms with van der Waals surface area (Å²) in [4.78, 5) is 4.35. The van der Waals surface area contributed by atoms with Crippen LogP contribution in [-0.4, -0.2) is 55.3 Å². The summed E-state index contributed by atoms with van der Waals surface area (Å²) in [6.07, 6.45) is -0.830. The van der Waals surface area contributed by atoms with Gasteiger partial charge in [-0.1, -0.05) is 23.7 Å². The van der Waals surface area contributed by atoms with Crippen molar-refractivity contribution in [1.29, 1.82) is 0 Å². The Labute approximate surface area is 214 Å². The Hall–Kier alpha value is -2.48. The maximum Gasteiger partial charge on any atom is 0.266 e. The standard InChI is InChI=1S/C22H21ClF4N4O3S2/c23-15-3-1-13(2-4-15)16-5-6-31(10-21(26)27)9-14(16)11-34-19-7-18(25)20(8-17(19)24)36(32,33)30-22-28-12-29-35-22/h1-4,7-8,12,14,16,21H,5-6,9-11H2,(H,28,29,30). The summed E-state index contributed by atoms with van der Waals surface area (Å²) >= 11 is 6.71. The number of alkyl halides is 2. The van der Waals surface area contributed by atoms with Crippen LogP contribution < -0.4 is 9.46 Å². The number of ether oxygens (including phenoxy) is 1. The van der Waals surface area contributed by atoms with Crippen molar-refractivity contribution in [3.63, 3.8) is 0 Å². The van der Waals surface area contributed by atoms with Gasteiger partial charge in [-0.2, -0.15) is 4.37 Å². The number of hydrogen-bond acceptors (Lipinski definition) is 7. The van der Waals surface area contributed by atoms with Crippen LogP contribution >= 0.6 is 23.1 Å². The Morgan fingerprint density at radius 1 is 1.19 bits per heavy atom. The number of aromatic nitrogens is 2. The normalized spacial score (nSPS) is 18.9. The first-order chi connectivity index (χ1) is 17.1. The minimum Gasteiger partial charge on any atom is -0.490 e. The van der Waals surface area contributed by atoms with Crippen molar-refractivity contribution < 1.29 is 30.7 Å². The molecule has 1 aliphatic heterocycles. The fourth-order valence-electron chi connectivity index (χ4n) is 4.20. The van der Waals surface area contributed by atoms with Crippen molar-refractivity contribution in [1.82, 2.24) is 14.3 Å². The lowest BCUT2D eigenvalue weighted by atomic mass is 9.81. The van der Waals surface area contributed by atoms with Crippen LogP contribution in [0.4, 0.5) is 22.7 Å². The molecule has 1 N–H and O–H groups in total. The van der Waals surface area contributed by atoms with E-state index in [1.54, 1.807) is 17.0 Å². The number of hydrogen-bond donors (Lipinski definition) is 1. The Kier molecular flexibility index (Phi) is 8.33. The predicted octanol–water partition coefficient (Wildman–Crippen LogP) is 5.02. The average molecular weight is 565 g/mol. The lowest BCUT2D eigenvalue weighted by Gasteiger charge is -2.38. The van der Waals surface area contributed by atoms with Gasteiger partial charge < -0.3 is 4.74 Å². The van der Waals surface area contributed by atoms with E-state index in [1.807, 2.05) is 16.9 Å². The highest BCUT2D eigenvalue weighted by Crippen LogP contribution is 2.35. The molecular formula is C22H21ClF4N4O3S2. The second kappa shape index (κ2) is 11.3. The number of nitrogens with zero attached hydrogens (tertiary/aromatic N) is 3. The lowest BCUT2D eigenvalue weighted by Crippen LogP contribution is -2.43. The zero-order valence-corrected chi connectivity index (χ0v) is 21.0. The molecule has 0 bridgehead atoms. The maximum absolute atomic E-state index is 14.8. The van der Waals surface area contributed by atoms with Gasteiger partial charge in [0.2, 0.25) is 5.13 Å². The minimum absolute atomic E-state index is 0.0835. The van der Waals surface area contributed by atoms with Crippen LogP contribution in [0, 0.1) is 17.6 Å². The van der Waals surface area contributed by atoms with Crippen LogP contribution in [-0.2, 0) is 10.0 Å². The molecule has 2 aromatic carbocycles. The third-order valence-corrected chi connectivity index (χ3v) is 8.14. The number of anilines is 1. The van der Waals surface area contributed by atoms with Gasteiger partial charge in [0.1, 0.15) is 17.0 Å². The van der Waals surface area contributed by atoms with E-state index in [1.165, 1.54) is 0 Å². The third-order valence-electron chi connectivity index (χ3n) is 5.82. The second-order valence-corrected chi connectivity index (χ2v) is 11.1. The van der Waals surface area contributed by atoms with E-state index in [0.717, 1.165) is 23.4 Å². The number of likely N-dealkylation sites (tertiary alicyclic amines) is 1. The molecule has 1 aliphatic rings. The first kappa shape index (κ1) is 26.6. The van der Waals surface area contributed by atoms with Gasteiger partial charge in [-0.05, 0) is 36.6 Å². The molecule has 0 saturated carbocycles. The molecule has 2 atom stereocenters. The first-order valence-electron chi connectivity index (χ1n) is 10.8. The SMILES string of the molecule is O=S(=O)(Nc1ncns1)c1cc(F)c(OCC2CN(CC(F)F)CCC2c2ccc(Cl)cc2)cc1F. The summed E-state index contributed by atoms with van der Waals surface area (Å²) in [6.45, 7) is 0.213. The molecule has 0 radical (unpaired) electrons. The molecular weight excluding hydrogens is 544 g/mol. The number of sulfonamides is 1. The van der Waals surface area contributed by atoms with Crippen molar-refractivity contribution in [2.45, 2.75) is 23.7 Å². The first-order valence-corrected chi connectivity index (χ1v) is 13.4. The molecule has 3 aromatic rings. The van der Waals surface area contributed by atoms with Crippen LogP contribution in [0.2, 0.25) is 5.02 Å². The molecule has 2 heterocycles. The van der Waals surface area contributed by atoms with E-state index in [-0.39, 0.29) is 30.1 Å². The summed E-state index contributed by atoms with van der Waals surface area (Å²) < 4.78 is 91.5. The van der Waals surface area contributed by atoms with Crippen molar-refractivity contribution in [2.24, 2.45) is 5.92 Å². The molecule has 7 nitrogen and oxygen atoms in total. The smallest absolute Gasteiger partial charge is 0.266 e. The van der Waals surface area contributed by atoms with Gasteiger partial charge >= 0.3 is 0 Å². The number of nitrogens with one attached hydrogen (secondary N) is 1. The largest absolute Gasteiger partial charge is 0.490 e. The molecule has 0 aliphatic carbocycles. The summed E-state index contributed by atoms with van der Waals surface area (Å²) in [5.74, 6) is -3.19. The highest BCUT2D eigenvalue weighted by molar-refractivity contribution is 7.93. The van der Waals surface area contributed by atoms with Crippen molar-refractivity contribution in [3.05, 3.63) is 64.9 Å². The summed E-state index contributed by atoms with van der Waals surface area (Å²) in [6, 6.07) is 8.31. The molecule has 2 unspecified atom stereocenters. The van der Waals surface area contributed by atoms with E-state index in [0.29, 0.717) is 30.1 Å². The van der Waals surface area contributed by atoms with Crippen LogP contribution in [0.3, 0.4) is 0 Å². The molecule has 14 heteroatoms. The van der Waals surface area contributed by atoms with Gasteiger partial charge in [-0.15, -0.1) is 0 Å². The highest BCUT2D eigenvalue weighted by Gasteiger charge is 2.32. The molecule has 1 saturated heterocycles. The number of benzene rings is 2. The second-order valence-electron chi connectivity index (χ2n) is 8.23. The van der Waals surface area contributed by atoms with Gasteiger partial charge in [0, 0.05) is 41.2 Å². The zero-order chi connectivity index (χ0) is 25.9. The van der Waals surface area contributed by atoms with Crippen molar-refractivity contribution in [3.8, 4) is 5.75 Å². The van der Waals surface area contributed by atoms with Gasteiger partial charge in [0.15, 0.2) is 11.6 Å². The fourth-order valence-corrected chi connectivity index (χ4v) is 6.06. The Bertz CT molecular complexity index is 1280. The Morgan fingerprint density at radius 2 is 1.94 bits per heavy atom. The molecule has 194 valence electrons. The van der Waals surface area contributed by atoms with E-state index in [4.69, 9.17) is 16.3 Å². The van der Waals surface area contributed by atoms with Crippen LogP contribution in [0.15, 0.2) is 47.6 Å². The zero-order valence-electron chi connectivity index (χ0n) is 18.6. The molecule has 0 amide bonds. The van der Waals surface area contributed by atoms with Gasteiger partial charge in [0.05, 0.1) is 13.2 Å². The summed E-state index contributed by atoms with van der Waals surface area (Å²) in [7, 11) is -4.46. The topological polar surface area (TPSA) is 84.4 Å². The van der Waals surface area contributed by atoms with Crippen LogP contribution in [0.1, 0.15) is 17.9 Å². The lowest BCUT2D eigenvalue weighted by molar-refractivity contribution is 0.0466. The molecule has 36 heavy (non-hydrogen) atoms. The van der Waals surface area contributed by atoms with Gasteiger partial charge in [0.25, 0.3) is 16.4 Å². The number of piperidine rings is 1. The van der Waals surface area contributed by atoms with Gasteiger partial charge in [-0.25, -0.2) is 31.0 Å². The number of rotatable bonds is 9. The van der Waals surface area contributed by atoms with E-state index >= 15 is 0 Å². The van der Waals surface area contributed by atoms with E-state index in [2.05, 4.69) is 9.36 Å². The molecule has 1 aromatic heterocycles. The van der Waals surface area contributed by atoms with E-state index < -0.39 is 45.3 Å². The van der Waals surface area contributed by atoms with Gasteiger partial charge in [-0.3, -0.25) is 9.62 Å². The third kappa shape index (κ3) is 6.44.